The summed E-state index contributed by atoms with van der Waals surface area (Å²) in [6.45, 7) is 0.656. The maximum Gasteiger partial charge on any atom is 0.253 e. The summed E-state index contributed by atoms with van der Waals surface area (Å²) in [6, 6.07) is 5.42. The Balaban J connectivity index is 1.77. The minimum atomic E-state index is -0.0908. The molecule has 2 amide bonds. The molecule has 0 radical (unpaired) electrons. The van der Waals surface area contributed by atoms with Gasteiger partial charge in [-0.3, -0.25) is 9.59 Å². The molecule has 0 spiro atoms. The van der Waals surface area contributed by atoms with Gasteiger partial charge in [0.1, 0.15) is 0 Å². The van der Waals surface area contributed by atoms with Crippen molar-refractivity contribution < 1.29 is 9.59 Å². The first-order chi connectivity index (χ1) is 11.6. The number of nitrogens with one attached hydrogen (secondary N) is 1. The fourth-order valence-corrected chi connectivity index (χ4v) is 3.85. The molecule has 5 heteroatoms. The molecule has 3 rings (SSSR count). The highest BCUT2D eigenvalue weighted by atomic mass is 35.5. The van der Waals surface area contributed by atoms with Crippen molar-refractivity contribution in [3.05, 3.63) is 28.8 Å². The molecule has 1 N–H and O–H groups in total. The molecule has 1 aliphatic carbocycles. The molecule has 1 aliphatic heterocycles. The predicted molar refractivity (Wildman–Crippen MR) is 96.6 cm³/mol. The monoisotopic (exact) mass is 348 g/mol. The number of hydrogen-bond donors (Lipinski definition) is 1. The summed E-state index contributed by atoms with van der Waals surface area (Å²) >= 11 is 6.11. The largest absolute Gasteiger partial charge is 0.349 e. The Morgan fingerprint density at radius 3 is 2.46 bits per heavy atom. The van der Waals surface area contributed by atoms with Crippen LogP contribution in [0.3, 0.4) is 0 Å². The topological polar surface area (TPSA) is 49.4 Å². The van der Waals surface area contributed by atoms with Crippen molar-refractivity contribution in [2.24, 2.45) is 0 Å². The predicted octanol–water partition coefficient (Wildman–Crippen LogP) is 4.31. The Labute approximate surface area is 148 Å². The van der Waals surface area contributed by atoms with Gasteiger partial charge in [-0.15, -0.1) is 0 Å². The summed E-state index contributed by atoms with van der Waals surface area (Å²) in [4.78, 5) is 26.6. The Hall–Kier alpha value is -1.55. The second-order valence-electron chi connectivity index (χ2n) is 6.83. The van der Waals surface area contributed by atoms with E-state index in [-0.39, 0.29) is 17.9 Å². The summed E-state index contributed by atoms with van der Waals surface area (Å²) in [5.74, 6) is -0.0239. The minimum Gasteiger partial charge on any atom is -0.349 e. The first-order valence-corrected chi connectivity index (χ1v) is 9.44. The first kappa shape index (κ1) is 17.3. The lowest BCUT2D eigenvalue weighted by Crippen LogP contribution is -2.36. The highest BCUT2D eigenvalue weighted by Gasteiger charge is 2.27. The lowest BCUT2D eigenvalue weighted by atomic mass is 9.96. The van der Waals surface area contributed by atoms with Gasteiger partial charge >= 0.3 is 0 Å². The number of benzene rings is 1. The standard InChI is InChI=1S/C19H25ClN2O2/c20-14-10-11-16(17(13-14)22-12-6-9-18(22)23)19(24)21-15-7-4-2-1-3-5-8-15/h10-11,13,15H,1-9,12H2,(H,21,24). The van der Waals surface area contributed by atoms with E-state index in [1.807, 2.05) is 0 Å². The highest BCUT2D eigenvalue weighted by molar-refractivity contribution is 6.31. The molecule has 1 saturated heterocycles. The fraction of sp³-hybridized carbons (Fsp3) is 0.579. The minimum absolute atomic E-state index is 0.0669. The van der Waals surface area contributed by atoms with E-state index in [2.05, 4.69) is 5.32 Å². The smallest absolute Gasteiger partial charge is 0.253 e. The van der Waals surface area contributed by atoms with Gasteiger partial charge in [0.2, 0.25) is 5.91 Å². The molecule has 1 saturated carbocycles. The normalized spacial score (nSPS) is 19.9. The number of anilines is 1. The van der Waals surface area contributed by atoms with Crippen LogP contribution in [0.4, 0.5) is 5.69 Å². The quantitative estimate of drug-likeness (QED) is 0.884. The SMILES string of the molecule is O=C(NC1CCCCCCC1)c1ccc(Cl)cc1N1CCCC1=O. The summed E-state index contributed by atoms with van der Waals surface area (Å²) in [5, 5.41) is 3.73. The average Bonchev–Trinajstić information content (AvgIpc) is 2.95. The molecular formula is C19H25ClN2O2. The van der Waals surface area contributed by atoms with Crippen LogP contribution in [0.25, 0.3) is 0 Å². The lowest BCUT2D eigenvalue weighted by Gasteiger charge is -2.24. The Bertz CT molecular complexity index is 609. The van der Waals surface area contributed by atoms with Crippen molar-refractivity contribution in [3.63, 3.8) is 0 Å². The molecule has 1 heterocycles. The van der Waals surface area contributed by atoms with Gasteiger partial charge in [-0.25, -0.2) is 0 Å². The van der Waals surface area contributed by atoms with Crippen molar-refractivity contribution in [1.82, 2.24) is 5.32 Å². The average molecular weight is 349 g/mol. The van der Waals surface area contributed by atoms with E-state index in [1.54, 1.807) is 23.1 Å². The maximum absolute atomic E-state index is 12.8. The van der Waals surface area contributed by atoms with Crippen LogP contribution in [-0.2, 0) is 4.79 Å². The molecule has 1 aromatic rings. The maximum atomic E-state index is 12.8. The zero-order chi connectivity index (χ0) is 16.9. The second-order valence-corrected chi connectivity index (χ2v) is 7.26. The van der Waals surface area contributed by atoms with Crippen LogP contribution in [0.15, 0.2) is 18.2 Å². The zero-order valence-electron chi connectivity index (χ0n) is 14.0. The summed E-state index contributed by atoms with van der Waals surface area (Å²) < 4.78 is 0. The van der Waals surface area contributed by atoms with Crippen LogP contribution in [0.2, 0.25) is 5.02 Å². The van der Waals surface area contributed by atoms with Crippen molar-refractivity contribution in [2.45, 2.75) is 63.8 Å². The molecule has 0 atom stereocenters. The van der Waals surface area contributed by atoms with Gasteiger partial charge in [0.15, 0.2) is 0 Å². The van der Waals surface area contributed by atoms with Crippen LogP contribution in [0.1, 0.15) is 68.1 Å². The van der Waals surface area contributed by atoms with E-state index >= 15 is 0 Å². The molecule has 0 unspecified atom stereocenters. The summed E-state index contributed by atoms with van der Waals surface area (Å²) in [6.07, 6.45) is 9.59. The van der Waals surface area contributed by atoms with Crippen molar-refractivity contribution in [2.75, 3.05) is 11.4 Å². The Morgan fingerprint density at radius 2 is 1.79 bits per heavy atom. The summed E-state index contributed by atoms with van der Waals surface area (Å²) in [5.41, 5.74) is 1.20. The molecule has 24 heavy (non-hydrogen) atoms. The number of carbonyl (C=O) groups excluding carboxylic acids is 2. The number of rotatable bonds is 3. The number of halogens is 1. The van der Waals surface area contributed by atoms with E-state index < -0.39 is 0 Å². The van der Waals surface area contributed by atoms with E-state index in [0.29, 0.717) is 29.2 Å². The zero-order valence-corrected chi connectivity index (χ0v) is 14.8. The fourth-order valence-electron chi connectivity index (χ4n) is 3.69. The van der Waals surface area contributed by atoms with Gasteiger partial charge < -0.3 is 10.2 Å². The molecule has 130 valence electrons. The molecule has 1 aromatic carbocycles. The van der Waals surface area contributed by atoms with Gasteiger partial charge in [-0.2, -0.15) is 0 Å². The summed E-state index contributed by atoms with van der Waals surface area (Å²) in [7, 11) is 0. The molecule has 2 aliphatic rings. The van der Waals surface area contributed by atoms with Crippen LogP contribution in [0.5, 0.6) is 0 Å². The number of nitrogens with zero attached hydrogens (tertiary/aromatic N) is 1. The van der Waals surface area contributed by atoms with Crippen molar-refractivity contribution in [3.8, 4) is 0 Å². The van der Waals surface area contributed by atoms with Crippen LogP contribution < -0.4 is 10.2 Å². The van der Waals surface area contributed by atoms with E-state index in [9.17, 15) is 9.59 Å². The van der Waals surface area contributed by atoms with Gasteiger partial charge in [0, 0.05) is 24.0 Å². The third kappa shape index (κ3) is 4.10. The second kappa shape index (κ2) is 8.02. The third-order valence-electron chi connectivity index (χ3n) is 5.01. The number of hydrogen-bond acceptors (Lipinski definition) is 2. The van der Waals surface area contributed by atoms with Crippen molar-refractivity contribution >= 4 is 29.1 Å². The van der Waals surface area contributed by atoms with Crippen LogP contribution in [-0.4, -0.2) is 24.4 Å². The third-order valence-corrected chi connectivity index (χ3v) is 5.24. The van der Waals surface area contributed by atoms with Gasteiger partial charge in [-0.1, -0.05) is 43.7 Å². The molecule has 0 bridgehead atoms. The van der Waals surface area contributed by atoms with Gasteiger partial charge in [0.05, 0.1) is 11.3 Å². The van der Waals surface area contributed by atoms with Gasteiger partial charge in [0.25, 0.3) is 5.91 Å². The molecule has 2 fully saturated rings. The van der Waals surface area contributed by atoms with Gasteiger partial charge in [-0.05, 0) is 37.5 Å². The lowest BCUT2D eigenvalue weighted by molar-refractivity contribution is -0.117. The number of amides is 2. The molecular weight excluding hydrogens is 324 g/mol. The Kier molecular flexibility index (Phi) is 5.77. The van der Waals surface area contributed by atoms with E-state index in [4.69, 9.17) is 11.6 Å². The number of carbonyl (C=O) groups is 2. The van der Waals surface area contributed by atoms with E-state index in [0.717, 1.165) is 19.3 Å². The van der Waals surface area contributed by atoms with Crippen LogP contribution in [0, 0.1) is 0 Å². The van der Waals surface area contributed by atoms with Crippen LogP contribution >= 0.6 is 11.6 Å². The van der Waals surface area contributed by atoms with Crippen molar-refractivity contribution in [1.29, 1.82) is 0 Å². The Morgan fingerprint density at radius 1 is 1.08 bits per heavy atom. The highest BCUT2D eigenvalue weighted by Crippen LogP contribution is 2.29. The first-order valence-electron chi connectivity index (χ1n) is 9.06. The molecule has 4 nitrogen and oxygen atoms in total. The molecule has 0 aromatic heterocycles. The van der Waals surface area contributed by atoms with E-state index in [1.165, 1.54) is 32.1 Å².